The topological polar surface area (TPSA) is 61.3 Å². The van der Waals surface area contributed by atoms with Crippen LogP contribution in [0.4, 0.5) is 4.39 Å². The first-order chi connectivity index (χ1) is 17.6. The third kappa shape index (κ3) is 5.29. The van der Waals surface area contributed by atoms with Gasteiger partial charge in [0.25, 0.3) is 5.56 Å². The van der Waals surface area contributed by atoms with E-state index in [1.807, 2.05) is 24.3 Å². The quantitative estimate of drug-likeness (QED) is 0.391. The molecule has 3 aromatic carbocycles. The van der Waals surface area contributed by atoms with Crippen molar-refractivity contribution in [2.24, 2.45) is 0 Å². The summed E-state index contributed by atoms with van der Waals surface area (Å²) in [5.74, 6) is 0.0713. The maximum atomic E-state index is 13.5. The van der Waals surface area contributed by atoms with Crippen molar-refractivity contribution in [1.29, 1.82) is 0 Å². The number of rotatable bonds is 5. The number of nitrogens with one attached hydrogen (secondary N) is 1. The lowest BCUT2D eigenvalue weighted by Crippen LogP contribution is -2.49. The van der Waals surface area contributed by atoms with Gasteiger partial charge in [0.1, 0.15) is 5.82 Å². The molecule has 0 bridgehead atoms. The van der Waals surface area contributed by atoms with Crippen LogP contribution in [0.2, 0.25) is 0 Å². The van der Waals surface area contributed by atoms with Gasteiger partial charge in [0.2, 0.25) is 0 Å². The number of benzene rings is 3. The standard InChI is InChI=1S/C29H29FN4O2.2ClH/c30-21-11-9-20(10-12-21)25-19-27(23-6-2-1-5-22(23)25)33-16-13-32(14-17-33)15-18-34-28(35)24-7-3-4-8-26(24)31-29(34)36;;/h1-12,25,27H,13-19H2,(H,31,36);2*1H. The number of aromatic nitrogens is 2. The molecule has 1 aliphatic carbocycles. The first-order valence-electron chi connectivity index (χ1n) is 12.6. The zero-order chi connectivity index (χ0) is 24.6. The fourth-order valence-electron chi connectivity index (χ4n) is 5.91. The molecule has 9 heteroatoms. The fourth-order valence-corrected chi connectivity index (χ4v) is 5.91. The van der Waals surface area contributed by atoms with Crippen LogP contribution in [-0.4, -0.2) is 52.1 Å². The molecule has 2 atom stereocenters. The maximum absolute atomic E-state index is 13.5. The van der Waals surface area contributed by atoms with Gasteiger partial charge in [-0.15, -0.1) is 24.8 Å². The molecule has 6 rings (SSSR count). The van der Waals surface area contributed by atoms with Crippen LogP contribution in [0.5, 0.6) is 0 Å². The van der Waals surface area contributed by atoms with Crippen molar-refractivity contribution in [2.45, 2.75) is 24.9 Å². The Hall–Kier alpha value is -2.97. The molecule has 6 nitrogen and oxygen atoms in total. The van der Waals surface area contributed by atoms with Gasteiger partial charge in [-0.25, -0.2) is 9.18 Å². The Morgan fingerprint density at radius 3 is 2.18 bits per heavy atom. The van der Waals surface area contributed by atoms with Crippen LogP contribution in [-0.2, 0) is 6.54 Å². The molecule has 1 fully saturated rings. The van der Waals surface area contributed by atoms with Gasteiger partial charge in [-0.1, -0.05) is 48.5 Å². The summed E-state index contributed by atoms with van der Waals surface area (Å²) < 4.78 is 14.8. The molecule has 2 aliphatic rings. The predicted octanol–water partition coefficient (Wildman–Crippen LogP) is 4.57. The fraction of sp³-hybridized carbons (Fsp3) is 0.310. The second-order valence-electron chi connectivity index (χ2n) is 9.79. The molecule has 1 saturated heterocycles. The van der Waals surface area contributed by atoms with E-state index < -0.39 is 0 Å². The number of hydrogen-bond donors (Lipinski definition) is 1. The van der Waals surface area contributed by atoms with Gasteiger partial charge in [-0.05, 0) is 47.4 Å². The number of hydrogen-bond acceptors (Lipinski definition) is 4. The molecule has 0 saturated carbocycles. The lowest BCUT2D eigenvalue weighted by Gasteiger charge is -2.38. The minimum Gasteiger partial charge on any atom is -0.307 e. The number of nitrogens with zero attached hydrogens (tertiary/aromatic N) is 3. The average molecular weight is 557 g/mol. The Morgan fingerprint density at radius 2 is 1.45 bits per heavy atom. The highest BCUT2D eigenvalue weighted by Crippen LogP contribution is 2.46. The van der Waals surface area contributed by atoms with Crippen LogP contribution in [0.15, 0.2) is 82.4 Å². The molecule has 0 amide bonds. The van der Waals surface area contributed by atoms with Crippen molar-refractivity contribution in [2.75, 3.05) is 32.7 Å². The lowest BCUT2D eigenvalue weighted by atomic mass is 9.93. The van der Waals surface area contributed by atoms with Crippen molar-refractivity contribution in [1.82, 2.24) is 19.4 Å². The van der Waals surface area contributed by atoms with Crippen molar-refractivity contribution >= 4 is 35.7 Å². The summed E-state index contributed by atoms with van der Waals surface area (Å²) in [7, 11) is 0. The predicted molar refractivity (Wildman–Crippen MR) is 153 cm³/mol. The Bertz CT molecular complexity index is 1510. The molecule has 1 aromatic heterocycles. The largest absolute Gasteiger partial charge is 0.328 e. The van der Waals surface area contributed by atoms with Crippen LogP contribution >= 0.6 is 24.8 Å². The Balaban J connectivity index is 0.00000168. The summed E-state index contributed by atoms with van der Waals surface area (Å²) in [6.07, 6.45) is 0.993. The summed E-state index contributed by atoms with van der Waals surface area (Å²) in [6, 6.07) is 23.0. The van der Waals surface area contributed by atoms with Gasteiger partial charge in [0, 0.05) is 51.2 Å². The summed E-state index contributed by atoms with van der Waals surface area (Å²) >= 11 is 0. The van der Waals surface area contributed by atoms with Crippen molar-refractivity contribution in [3.05, 3.63) is 116 Å². The van der Waals surface area contributed by atoms with E-state index in [9.17, 15) is 14.0 Å². The Labute approximate surface area is 232 Å². The number of piperazine rings is 1. The van der Waals surface area contributed by atoms with Gasteiger partial charge in [0.15, 0.2) is 0 Å². The molecule has 4 aromatic rings. The van der Waals surface area contributed by atoms with Crippen molar-refractivity contribution in [3.63, 3.8) is 0 Å². The van der Waals surface area contributed by atoms with E-state index in [-0.39, 0.29) is 47.8 Å². The third-order valence-corrected chi connectivity index (χ3v) is 7.84. The first kappa shape index (κ1) is 28.0. The normalized spacial score (nSPS) is 19.5. The molecule has 0 spiro atoms. The molecular formula is C29H31Cl2FN4O2. The van der Waals surface area contributed by atoms with Gasteiger partial charge >= 0.3 is 5.69 Å². The zero-order valence-corrected chi connectivity index (χ0v) is 22.5. The van der Waals surface area contributed by atoms with Gasteiger partial charge in [0.05, 0.1) is 10.9 Å². The van der Waals surface area contributed by atoms with Gasteiger partial charge < -0.3 is 4.98 Å². The molecule has 0 radical (unpaired) electrons. The van der Waals surface area contributed by atoms with Crippen molar-refractivity contribution < 1.29 is 4.39 Å². The summed E-state index contributed by atoms with van der Waals surface area (Å²) in [5.41, 5.74) is 3.86. The van der Waals surface area contributed by atoms with E-state index in [2.05, 4.69) is 39.0 Å². The molecule has 2 unspecified atom stereocenters. The van der Waals surface area contributed by atoms with E-state index in [1.165, 1.54) is 15.7 Å². The summed E-state index contributed by atoms with van der Waals surface area (Å²) in [6.45, 7) is 4.67. The average Bonchev–Trinajstić information content (AvgIpc) is 3.29. The first-order valence-corrected chi connectivity index (χ1v) is 12.6. The monoisotopic (exact) mass is 556 g/mol. The number of halogens is 3. The number of aromatic amines is 1. The Kier molecular flexibility index (Phi) is 8.73. The minimum atomic E-state index is -0.355. The van der Waals surface area contributed by atoms with Crippen LogP contribution < -0.4 is 11.2 Å². The van der Waals surface area contributed by atoms with E-state index in [4.69, 9.17) is 0 Å². The number of H-pyrrole nitrogens is 1. The number of para-hydroxylation sites is 1. The highest BCUT2D eigenvalue weighted by Gasteiger charge is 2.36. The van der Waals surface area contributed by atoms with E-state index in [0.29, 0.717) is 30.0 Å². The van der Waals surface area contributed by atoms with E-state index >= 15 is 0 Å². The lowest BCUT2D eigenvalue weighted by molar-refractivity contribution is 0.0923. The second kappa shape index (κ2) is 11.8. The second-order valence-corrected chi connectivity index (χ2v) is 9.79. The molecule has 38 heavy (non-hydrogen) atoms. The van der Waals surface area contributed by atoms with Gasteiger partial charge in [-0.2, -0.15) is 0 Å². The van der Waals surface area contributed by atoms with E-state index in [1.54, 1.807) is 24.3 Å². The van der Waals surface area contributed by atoms with Gasteiger partial charge in [-0.3, -0.25) is 19.2 Å². The summed E-state index contributed by atoms with van der Waals surface area (Å²) in [4.78, 5) is 33.0. The molecular weight excluding hydrogens is 526 g/mol. The van der Waals surface area contributed by atoms with Crippen molar-refractivity contribution in [3.8, 4) is 0 Å². The van der Waals surface area contributed by atoms with Crippen LogP contribution in [0, 0.1) is 5.82 Å². The minimum absolute atomic E-state index is 0. The molecule has 200 valence electrons. The third-order valence-electron chi connectivity index (χ3n) is 7.84. The highest BCUT2D eigenvalue weighted by molar-refractivity contribution is 5.85. The van der Waals surface area contributed by atoms with Crippen LogP contribution in [0.3, 0.4) is 0 Å². The maximum Gasteiger partial charge on any atom is 0.328 e. The molecule has 1 N–H and O–H groups in total. The van der Waals surface area contributed by atoms with E-state index in [0.717, 1.165) is 38.2 Å². The van der Waals surface area contributed by atoms with Crippen LogP contribution in [0.25, 0.3) is 10.9 Å². The zero-order valence-electron chi connectivity index (χ0n) is 20.9. The number of fused-ring (bicyclic) bond motifs is 2. The SMILES string of the molecule is Cl.Cl.O=c1[nH]c2ccccc2c(=O)n1CCN1CCN(C2CC(c3ccc(F)cc3)c3ccccc32)CC1. The Morgan fingerprint density at radius 1 is 0.789 bits per heavy atom. The highest BCUT2D eigenvalue weighted by atomic mass is 35.5. The summed E-state index contributed by atoms with van der Waals surface area (Å²) in [5, 5.41) is 0.539. The molecule has 2 heterocycles. The molecule has 1 aliphatic heterocycles. The smallest absolute Gasteiger partial charge is 0.307 e. The van der Waals surface area contributed by atoms with Crippen LogP contribution in [0.1, 0.15) is 35.1 Å².